The molecule has 0 bridgehead atoms. The highest BCUT2D eigenvalue weighted by Gasteiger charge is 2.14. The standard InChI is InChI=1S/C20H19ClFN3O2/c1-13-17(20(27)25(24-13)16-8-6-15(22)7-9-16)10-11-19(26)23-12-14-4-2-3-5-18(14)21/h2-9,24H,10-12H2,1H3,(H,23,26). The number of H-pyrrole nitrogens is 1. The monoisotopic (exact) mass is 387 g/mol. The third kappa shape index (κ3) is 4.46. The minimum Gasteiger partial charge on any atom is -0.352 e. The smallest absolute Gasteiger partial charge is 0.274 e. The summed E-state index contributed by atoms with van der Waals surface area (Å²) >= 11 is 6.07. The minimum atomic E-state index is -0.370. The molecule has 0 atom stereocenters. The SMILES string of the molecule is Cc1[nH]n(-c2ccc(F)cc2)c(=O)c1CCC(=O)NCc1ccccc1Cl. The van der Waals surface area contributed by atoms with Crippen LogP contribution in [0.3, 0.4) is 0 Å². The summed E-state index contributed by atoms with van der Waals surface area (Å²) in [6, 6.07) is 12.9. The maximum absolute atomic E-state index is 13.1. The van der Waals surface area contributed by atoms with Crippen molar-refractivity contribution >= 4 is 17.5 Å². The van der Waals surface area contributed by atoms with Crippen LogP contribution in [0.15, 0.2) is 53.3 Å². The quantitative estimate of drug-likeness (QED) is 0.679. The van der Waals surface area contributed by atoms with Gasteiger partial charge in [0.15, 0.2) is 0 Å². The molecule has 3 aromatic rings. The topological polar surface area (TPSA) is 66.9 Å². The van der Waals surface area contributed by atoms with Crippen molar-refractivity contribution in [2.75, 3.05) is 0 Å². The van der Waals surface area contributed by atoms with Crippen LogP contribution in [0.5, 0.6) is 0 Å². The zero-order chi connectivity index (χ0) is 19.4. The van der Waals surface area contributed by atoms with Crippen LogP contribution >= 0.6 is 11.6 Å². The van der Waals surface area contributed by atoms with Crippen LogP contribution in [0.2, 0.25) is 5.02 Å². The molecule has 0 aliphatic carbocycles. The van der Waals surface area contributed by atoms with Crippen molar-refractivity contribution in [3.8, 4) is 5.69 Å². The van der Waals surface area contributed by atoms with Gasteiger partial charge in [-0.25, -0.2) is 9.07 Å². The van der Waals surface area contributed by atoms with E-state index in [4.69, 9.17) is 11.6 Å². The van der Waals surface area contributed by atoms with Crippen molar-refractivity contribution in [2.24, 2.45) is 0 Å². The van der Waals surface area contributed by atoms with Gasteiger partial charge in [-0.05, 0) is 49.2 Å². The van der Waals surface area contributed by atoms with Crippen LogP contribution in [0, 0.1) is 12.7 Å². The van der Waals surface area contributed by atoms with Gasteiger partial charge >= 0.3 is 0 Å². The third-order valence-corrected chi connectivity index (χ3v) is 4.68. The number of aromatic amines is 1. The minimum absolute atomic E-state index is 0.164. The number of aryl methyl sites for hydroxylation is 1. The molecule has 0 fully saturated rings. The Morgan fingerprint density at radius 3 is 2.59 bits per heavy atom. The number of nitrogens with one attached hydrogen (secondary N) is 2. The zero-order valence-electron chi connectivity index (χ0n) is 14.8. The second-order valence-electron chi connectivity index (χ2n) is 6.20. The Balaban J connectivity index is 1.64. The van der Waals surface area contributed by atoms with Crippen molar-refractivity contribution in [3.63, 3.8) is 0 Å². The maximum atomic E-state index is 13.1. The molecule has 0 saturated carbocycles. The molecule has 27 heavy (non-hydrogen) atoms. The van der Waals surface area contributed by atoms with Crippen LogP contribution in [0.1, 0.15) is 23.2 Å². The lowest BCUT2D eigenvalue weighted by atomic mass is 10.1. The van der Waals surface area contributed by atoms with Gasteiger partial charge in [-0.15, -0.1) is 0 Å². The van der Waals surface area contributed by atoms with Crippen molar-refractivity contribution in [3.05, 3.63) is 86.5 Å². The van der Waals surface area contributed by atoms with E-state index >= 15 is 0 Å². The molecule has 0 radical (unpaired) electrons. The molecule has 5 nitrogen and oxygen atoms in total. The van der Waals surface area contributed by atoms with Crippen LogP contribution in [-0.2, 0) is 17.8 Å². The molecular weight excluding hydrogens is 369 g/mol. The molecule has 2 aromatic carbocycles. The van der Waals surface area contributed by atoms with E-state index < -0.39 is 0 Å². The number of hydrogen-bond donors (Lipinski definition) is 2. The number of benzene rings is 2. The summed E-state index contributed by atoms with van der Waals surface area (Å²) in [4.78, 5) is 24.7. The summed E-state index contributed by atoms with van der Waals surface area (Å²) < 4.78 is 14.4. The number of amides is 1. The van der Waals surface area contributed by atoms with E-state index in [9.17, 15) is 14.0 Å². The Kier molecular flexibility index (Phi) is 5.76. The molecule has 2 N–H and O–H groups in total. The number of hydrogen-bond acceptors (Lipinski definition) is 2. The van der Waals surface area contributed by atoms with E-state index in [1.807, 2.05) is 18.2 Å². The van der Waals surface area contributed by atoms with Crippen molar-refractivity contribution < 1.29 is 9.18 Å². The second-order valence-corrected chi connectivity index (χ2v) is 6.61. The van der Waals surface area contributed by atoms with Crippen molar-refractivity contribution in [2.45, 2.75) is 26.3 Å². The highest BCUT2D eigenvalue weighted by Crippen LogP contribution is 2.14. The molecule has 7 heteroatoms. The normalized spacial score (nSPS) is 10.8. The first-order chi connectivity index (χ1) is 13.0. The molecule has 0 aliphatic rings. The number of carbonyl (C=O) groups is 1. The summed E-state index contributed by atoms with van der Waals surface area (Å²) in [5.74, 6) is -0.534. The van der Waals surface area contributed by atoms with Gasteiger partial charge in [-0.3, -0.25) is 14.7 Å². The van der Waals surface area contributed by atoms with E-state index in [1.165, 1.54) is 28.9 Å². The highest BCUT2D eigenvalue weighted by molar-refractivity contribution is 6.31. The molecule has 1 heterocycles. The second kappa shape index (κ2) is 8.22. The first kappa shape index (κ1) is 18.9. The third-order valence-electron chi connectivity index (χ3n) is 4.31. The Morgan fingerprint density at radius 2 is 1.89 bits per heavy atom. The average molecular weight is 388 g/mol. The fourth-order valence-corrected chi connectivity index (χ4v) is 3.01. The van der Waals surface area contributed by atoms with Crippen LogP contribution in [-0.4, -0.2) is 15.7 Å². The number of rotatable bonds is 6. The van der Waals surface area contributed by atoms with E-state index in [-0.39, 0.29) is 23.7 Å². The van der Waals surface area contributed by atoms with Gasteiger partial charge in [-0.2, -0.15) is 0 Å². The molecule has 3 rings (SSSR count). The highest BCUT2D eigenvalue weighted by atomic mass is 35.5. The van der Waals surface area contributed by atoms with E-state index in [0.29, 0.717) is 34.9 Å². The fraction of sp³-hybridized carbons (Fsp3) is 0.200. The average Bonchev–Trinajstić information content (AvgIpc) is 2.94. The fourth-order valence-electron chi connectivity index (χ4n) is 2.81. The number of aromatic nitrogens is 2. The lowest BCUT2D eigenvalue weighted by Crippen LogP contribution is -2.24. The summed E-state index contributed by atoms with van der Waals surface area (Å²) in [6.07, 6.45) is 0.492. The summed E-state index contributed by atoms with van der Waals surface area (Å²) in [7, 11) is 0. The van der Waals surface area contributed by atoms with Crippen molar-refractivity contribution in [1.29, 1.82) is 0 Å². The van der Waals surface area contributed by atoms with Crippen LogP contribution in [0.4, 0.5) is 4.39 Å². The lowest BCUT2D eigenvalue weighted by Gasteiger charge is -2.06. The van der Waals surface area contributed by atoms with Gasteiger partial charge in [0.25, 0.3) is 5.56 Å². The number of halogens is 2. The Morgan fingerprint density at radius 1 is 1.19 bits per heavy atom. The number of carbonyl (C=O) groups excluding carboxylic acids is 1. The Labute approximate surface area is 160 Å². The zero-order valence-corrected chi connectivity index (χ0v) is 15.5. The molecule has 1 amide bonds. The largest absolute Gasteiger partial charge is 0.352 e. The van der Waals surface area contributed by atoms with E-state index in [1.54, 1.807) is 13.0 Å². The van der Waals surface area contributed by atoms with Gasteiger partial charge in [0, 0.05) is 29.2 Å². The summed E-state index contributed by atoms with van der Waals surface area (Å²) in [5, 5.41) is 6.38. The number of nitrogens with zero attached hydrogens (tertiary/aromatic N) is 1. The van der Waals surface area contributed by atoms with Gasteiger partial charge in [0.1, 0.15) is 5.82 Å². The predicted molar refractivity (Wildman–Crippen MR) is 103 cm³/mol. The lowest BCUT2D eigenvalue weighted by molar-refractivity contribution is -0.121. The van der Waals surface area contributed by atoms with Gasteiger partial charge in [0.05, 0.1) is 5.69 Å². The van der Waals surface area contributed by atoms with Gasteiger partial charge in [0.2, 0.25) is 5.91 Å². The van der Waals surface area contributed by atoms with Crippen LogP contribution < -0.4 is 10.9 Å². The molecule has 140 valence electrons. The van der Waals surface area contributed by atoms with Crippen LogP contribution in [0.25, 0.3) is 5.69 Å². The molecule has 0 aliphatic heterocycles. The molecule has 0 spiro atoms. The molecule has 0 unspecified atom stereocenters. The first-order valence-corrected chi connectivity index (χ1v) is 8.90. The summed E-state index contributed by atoms with van der Waals surface area (Å²) in [5.41, 5.74) is 2.36. The predicted octanol–water partition coefficient (Wildman–Crippen LogP) is 3.52. The maximum Gasteiger partial charge on any atom is 0.274 e. The Bertz CT molecular complexity index is 1010. The molecule has 1 aromatic heterocycles. The first-order valence-electron chi connectivity index (χ1n) is 8.52. The molecule has 0 saturated heterocycles. The van der Waals surface area contributed by atoms with Gasteiger partial charge < -0.3 is 5.32 Å². The summed E-state index contributed by atoms with van der Waals surface area (Å²) in [6.45, 7) is 2.11. The van der Waals surface area contributed by atoms with E-state index in [0.717, 1.165) is 5.56 Å². The van der Waals surface area contributed by atoms with Gasteiger partial charge in [-0.1, -0.05) is 29.8 Å². The van der Waals surface area contributed by atoms with Crippen molar-refractivity contribution in [1.82, 2.24) is 15.1 Å². The molecular formula is C20H19ClFN3O2. The van der Waals surface area contributed by atoms with E-state index in [2.05, 4.69) is 10.4 Å². The Hall–Kier alpha value is -2.86.